The van der Waals surface area contributed by atoms with Crippen LogP contribution in [0.25, 0.3) is 0 Å². The minimum atomic E-state index is -0.640. The highest BCUT2D eigenvalue weighted by Gasteiger charge is 2.21. The molecule has 140 valence electrons. The number of hydrogen-bond acceptors (Lipinski definition) is 5. The highest BCUT2D eigenvalue weighted by molar-refractivity contribution is 7.98. The first-order valence-corrected chi connectivity index (χ1v) is 10.3. The van der Waals surface area contributed by atoms with Gasteiger partial charge in [0, 0.05) is 12.3 Å². The van der Waals surface area contributed by atoms with Crippen molar-refractivity contribution in [3.63, 3.8) is 0 Å². The van der Waals surface area contributed by atoms with Crippen LogP contribution in [0.3, 0.4) is 0 Å². The maximum Gasteiger partial charge on any atom is 0.319 e. The van der Waals surface area contributed by atoms with E-state index in [1.54, 1.807) is 12.1 Å². The Bertz CT molecular complexity index is 799. The van der Waals surface area contributed by atoms with E-state index in [2.05, 4.69) is 15.0 Å². The molecule has 0 spiro atoms. The number of urea groups is 1. The first-order valence-electron chi connectivity index (χ1n) is 7.83. The van der Waals surface area contributed by atoms with Crippen LogP contribution in [0.5, 0.6) is 0 Å². The first-order chi connectivity index (χ1) is 12.4. The summed E-state index contributed by atoms with van der Waals surface area (Å²) in [6.45, 7) is 2.59. The molecular formula is C16H18Cl2N4O2S2. The summed E-state index contributed by atoms with van der Waals surface area (Å²) in [5.41, 5.74) is 6.62. The van der Waals surface area contributed by atoms with E-state index in [-0.39, 0.29) is 11.6 Å². The summed E-state index contributed by atoms with van der Waals surface area (Å²) in [4.78, 5) is 23.7. The zero-order valence-electron chi connectivity index (χ0n) is 14.0. The van der Waals surface area contributed by atoms with E-state index in [0.717, 1.165) is 29.9 Å². The molecule has 0 aliphatic heterocycles. The molecule has 1 aromatic carbocycles. The largest absolute Gasteiger partial charge is 0.365 e. The van der Waals surface area contributed by atoms with Gasteiger partial charge in [0.25, 0.3) is 5.91 Å². The van der Waals surface area contributed by atoms with Crippen LogP contribution in [0.15, 0.2) is 23.2 Å². The van der Waals surface area contributed by atoms with Crippen LogP contribution in [0.4, 0.5) is 9.80 Å². The van der Waals surface area contributed by atoms with E-state index in [1.165, 1.54) is 11.8 Å². The number of thioether (sulfide) groups is 1. The number of amides is 3. The molecular weight excluding hydrogens is 415 g/mol. The van der Waals surface area contributed by atoms with Crippen molar-refractivity contribution in [1.29, 1.82) is 0 Å². The van der Waals surface area contributed by atoms with E-state index < -0.39 is 5.91 Å². The van der Waals surface area contributed by atoms with Crippen molar-refractivity contribution >= 4 is 63.4 Å². The van der Waals surface area contributed by atoms with E-state index in [0.29, 0.717) is 32.4 Å². The quantitative estimate of drug-likeness (QED) is 0.413. The molecule has 0 unspecified atom stereocenters. The third-order valence-corrected chi connectivity index (χ3v) is 5.97. The topological polar surface area (TPSA) is 97.1 Å². The van der Waals surface area contributed by atoms with E-state index in [9.17, 15) is 9.59 Å². The van der Waals surface area contributed by atoms with Crippen molar-refractivity contribution in [2.75, 3.05) is 11.9 Å². The number of nitrogens with two attached hydrogens (primary N) is 1. The van der Waals surface area contributed by atoms with Crippen LogP contribution in [0, 0.1) is 0 Å². The molecule has 2 rings (SSSR count). The number of nitrogens with zero attached hydrogens (tertiary/aromatic N) is 1. The second kappa shape index (κ2) is 10.0. The van der Waals surface area contributed by atoms with Gasteiger partial charge in [-0.05, 0) is 35.6 Å². The van der Waals surface area contributed by atoms with Gasteiger partial charge in [0.1, 0.15) is 15.6 Å². The Morgan fingerprint density at radius 2 is 2.08 bits per heavy atom. The number of halogens is 2. The van der Waals surface area contributed by atoms with Gasteiger partial charge in [-0.2, -0.15) is 4.37 Å². The molecule has 0 fully saturated rings. The summed E-state index contributed by atoms with van der Waals surface area (Å²) in [6, 6.07) is 4.93. The molecule has 6 nitrogen and oxygen atoms in total. The SMILES string of the molecule is CCCCNC(=O)Nc1snc(SCc2ccc(Cl)c(Cl)c2)c1C(N)=O. The number of carbonyl (C=O) groups is 2. The fourth-order valence-electron chi connectivity index (χ4n) is 1.98. The fourth-order valence-corrected chi connectivity index (χ4v) is 4.21. The van der Waals surface area contributed by atoms with Gasteiger partial charge >= 0.3 is 6.03 Å². The highest BCUT2D eigenvalue weighted by atomic mass is 35.5. The van der Waals surface area contributed by atoms with Crippen LogP contribution >= 0.6 is 46.5 Å². The third-order valence-electron chi connectivity index (χ3n) is 3.31. The molecule has 3 amide bonds. The lowest BCUT2D eigenvalue weighted by molar-refractivity contribution is 0.0998. The molecule has 26 heavy (non-hydrogen) atoms. The Morgan fingerprint density at radius 1 is 1.31 bits per heavy atom. The summed E-state index contributed by atoms with van der Waals surface area (Å²) < 4.78 is 4.24. The third kappa shape index (κ3) is 5.77. The van der Waals surface area contributed by atoms with Crippen molar-refractivity contribution in [1.82, 2.24) is 9.69 Å². The zero-order valence-corrected chi connectivity index (χ0v) is 17.1. The van der Waals surface area contributed by atoms with Gasteiger partial charge in [-0.3, -0.25) is 10.1 Å². The molecule has 0 saturated carbocycles. The Morgan fingerprint density at radius 3 is 2.73 bits per heavy atom. The lowest BCUT2D eigenvalue weighted by atomic mass is 10.2. The molecule has 0 aliphatic carbocycles. The van der Waals surface area contributed by atoms with Crippen molar-refractivity contribution in [2.24, 2.45) is 5.73 Å². The summed E-state index contributed by atoms with van der Waals surface area (Å²) in [5, 5.41) is 7.11. The number of primary amides is 1. The van der Waals surface area contributed by atoms with Crippen LogP contribution in [0.2, 0.25) is 10.0 Å². The Labute approximate surface area is 170 Å². The van der Waals surface area contributed by atoms with Gasteiger partial charge in [-0.15, -0.1) is 0 Å². The van der Waals surface area contributed by atoms with Gasteiger partial charge in [0.05, 0.1) is 10.0 Å². The summed E-state index contributed by atoms with van der Waals surface area (Å²) >= 11 is 14.3. The second-order valence-electron chi connectivity index (χ2n) is 5.33. The molecule has 0 saturated heterocycles. The van der Waals surface area contributed by atoms with Crippen molar-refractivity contribution in [2.45, 2.75) is 30.5 Å². The summed E-state index contributed by atoms with van der Waals surface area (Å²) in [5.74, 6) is -0.109. The number of nitrogens with one attached hydrogen (secondary N) is 2. The lowest BCUT2D eigenvalue weighted by Crippen LogP contribution is -2.30. The minimum Gasteiger partial charge on any atom is -0.365 e. The Balaban J connectivity index is 2.07. The van der Waals surface area contributed by atoms with Crippen LogP contribution in [0.1, 0.15) is 35.7 Å². The average Bonchev–Trinajstić information content (AvgIpc) is 2.99. The predicted molar refractivity (Wildman–Crippen MR) is 109 cm³/mol. The van der Waals surface area contributed by atoms with E-state index in [4.69, 9.17) is 28.9 Å². The van der Waals surface area contributed by atoms with Crippen LogP contribution in [-0.2, 0) is 5.75 Å². The summed E-state index contributed by atoms with van der Waals surface area (Å²) in [7, 11) is 0. The molecule has 0 bridgehead atoms. The normalized spacial score (nSPS) is 10.6. The Kier molecular flexibility index (Phi) is 8.02. The van der Waals surface area contributed by atoms with Gasteiger partial charge < -0.3 is 11.1 Å². The lowest BCUT2D eigenvalue weighted by Gasteiger charge is -2.07. The molecule has 10 heteroatoms. The number of anilines is 1. The number of aromatic nitrogens is 1. The van der Waals surface area contributed by atoms with Crippen LogP contribution in [-0.4, -0.2) is 22.9 Å². The minimum absolute atomic E-state index is 0.214. The fraction of sp³-hybridized carbons (Fsp3) is 0.312. The molecule has 0 aliphatic rings. The standard InChI is InChI=1S/C16H18Cl2N4O2S2/c1-2-3-6-20-16(24)21-14-12(13(19)23)15(22-26-14)25-8-9-4-5-10(17)11(18)7-9/h4-5,7H,2-3,6,8H2,1H3,(H2,19,23)(H2,20,21,24). The van der Waals surface area contributed by atoms with Crippen molar-refractivity contribution in [3.8, 4) is 0 Å². The molecule has 4 N–H and O–H groups in total. The zero-order chi connectivity index (χ0) is 19.1. The predicted octanol–water partition coefficient (Wildman–Crippen LogP) is 4.76. The monoisotopic (exact) mass is 432 g/mol. The molecule has 2 aromatic rings. The van der Waals surface area contributed by atoms with Crippen molar-refractivity contribution in [3.05, 3.63) is 39.4 Å². The Hall–Kier alpha value is -1.48. The molecule has 1 aromatic heterocycles. The first kappa shape index (κ1) is 20.8. The average molecular weight is 433 g/mol. The highest BCUT2D eigenvalue weighted by Crippen LogP contribution is 2.34. The second-order valence-corrected chi connectivity index (χ2v) is 7.88. The van der Waals surface area contributed by atoms with Crippen LogP contribution < -0.4 is 16.4 Å². The summed E-state index contributed by atoms with van der Waals surface area (Å²) in [6.07, 6.45) is 1.85. The maximum atomic E-state index is 11.9. The van der Waals surface area contributed by atoms with Gasteiger partial charge in [-0.25, -0.2) is 4.79 Å². The molecule has 0 atom stereocenters. The maximum absolute atomic E-state index is 11.9. The smallest absolute Gasteiger partial charge is 0.319 e. The van der Waals surface area contributed by atoms with Crippen molar-refractivity contribution < 1.29 is 9.59 Å². The van der Waals surface area contributed by atoms with E-state index in [1.807, 2.05) is 13.0 Å². The van der Waals surface area contributed by atoms with Gasteiger partial charge in [0.15, 0.2) is 0 Å². The molecule has 1 heterocycles. The van der Waals surface area contributed by atoms with E-state index >= 15 is 0 Å². The number of hydrogen-bond donors (Lipinski definition) is 3. The number of benzene rings is 1. The number of unbranched alkanes of at least 4 members (excludes halogenated alkanes) is 1. The molecule has 0 radical (unpaired) electrons. The number of carbonyl (C=O) groups excluding carboxylic acids is 2. The number of rotatable bonds is 8. The van der Waals surface area contributed by atoms with Gasteiger partial charge in [-0.1, -0.05) is 54.4 Å². The van der Waals surface area contributed by atoms with Gasteiger partial charge in [0.2, 0.25) is 0 Å².